The van der Waals surface area contributed by atoms with Gasteiger partial charge in [0.2, 0.25) is 5.91 Å². The second-order valence-electron chi connectivity index (χ2n) is 5.11. The van der Waals surface area contributed by atoms with Gasteiger partial charge in [0, 0.05) is 32.6 Å². The zero-order chi connectivity index (χ0) is 15.1. The summed E-state index contributed by atoms with van der Waals surface area (Å²) >= 11 is 0. The van der Waals surface area contributed by atoms with Crippen molar-refractivity contribution >= 4 is 5.91 Å². The Balaban J connectivity index is 2.52. The molecule has 1 aromatic carbocycles. The van der Waals surface area contributed by atoms with Crippen molar-refractivity contribution in [3.8, 4) is 11.5 Å². The van der Waals surface area contributed by atoms with Crippen LogP contribution in [0.15, 0.2) is 18.2 Å². The minimum Gasteiger partial charge on any atom is -0.504 e. The van der Waals surface area contributed by atoms with Crippen LogP contribution in [-0.2, 0) is 11.3 Å². The highest BCUT2D eigenvalue weighted by Crippen LogP contribution is 2.26. The highest BCUT2D eigenvalue weighted by Gasteiger charge is 2.10. The van der Waals surface area contributed by atoms with Crippen molar-refractivity contribution in [2.75, 3.05) is 20.7 Å². The van der Waals surface area contributed by atoms with E-state index in [0.29, 0.717) is 31.3 Å². The number of amides is 1. The Morgan fingerprint density at radius 3 is 2.75 bits per heavy atom. The van der Waals surface area contributed by atoms with Crippen LogP contribution in [0.1, 0.15) is 25.8 Å². The Morgan fingerprint density at radius 1 is 1.45 bits per heavy atom. The van der Waals surface area contributed by atoms with Crippen LogP contribution < -0.4 is 10.1 Å². The van der Waals surface area contributed by atoms with Crippen molar-refractivity contribution in [1.82, 2.24) is 10.2 Å². The van der Waals surface area contributed by atoms with Crippen LogP contribution in [0.5, 0.6) is 11.5 Å². The van der Waals surface area contributed by atoms with Crippen LogP contribution in [0.3, 0.4) is 0 Å². The number of aromatic hydroxyl groups is 1. The highest BCUT2D eigenvalue weighted by atomic mass is 16.5. The van der Waals surface area contributed by atoms with Crippen LogP contribution >= 0.6 is 0 Å². The third-order valence-electron chi connectivity index (χ3n) is 2.98. The number of rotatable bonds is 7. The van der Waals surface area contributed by atoms with Gasteiger partial charge >= 0.3 is 0 Å². The summed E-state index contributed by atoms with van der Waals surface area (Å²) in [6.45, 7) is 5.28. The lowest BCUT2D eigenvalue weighted by Crippen LogP contribution is -2.31. The van der Waals surface area contributed by atoms with Crippen molar-refractivity contribution < 1.29 is 14.6 Å². The van der Waals surface area contributed by atoms with E-state index >= 15 is 0 Å². The van der Waals surface area contributed by atoms with E-state index in [1.807, 2.05) is 0 Å². The van der Waals surface area contributed by atoms with E-state index in [1.54, 1.807) is 30.1 Å². The van der Waals surface area contributed by atoms with Gasteiger partial charge in [0.1, 0.15) is 0 Å². The smallest absolute Gasteiger partial charge is 0.223 e. The van der Waals surface area contributed by atoms with Gasteiger partial charge in [0.15, 0.2) is 11.5 Å². The number of carbonyl (C=O) groups excluding carboxylic acids is 1. The summed E-state index contributed by atoms with van der Waals surface area (Å²) in [5, 5.41) is 12.8. The number of benzene rings is 1. The molecular weight excluding hydrogens is 256 g/mol. The molecule has 1 rings (SSSR count). The Labute approximate surface area is 120 Å². The Hall–Kier alpha value is -1.75. The predicted octanol–water partition coefficient (Wildman–Crippen LogP) is 1.75. The van der Waals surface area contributed by atoms with E-state index < -0.39 is 0 Å². The molecular formula is C15H24N2O3. The maximum atomic E-state index is 12.0. The van der Waals surface area contributed by atoms with Crippen LogP contribution in [0, 0.1) is 0 Å². The molecule has 2 N–H and O–H groups in total. The quantitative estimate of drug-likeness (QED) is 0.799. The van der Waals surface area contributed by atoms with Crippen molar-refractivity contribution in [2.24, 2.45) is 0 Å². The summed E-state index contributed by atoms with van der Waals surface area (Å²) in [7, 11) is 3.28. The topological polar surface area (TPSA) is 61.8 Å². The average Bonchev–Trinajstić information content (AvgIpc) is 2.40. The van der Waals surface area contributed by atoms with Gasteiger partial charge in [-0.05, 0) is 17.7 Å². The lowest BCUT2D eigenvalue weighted by molar-refractivity contribution is -0.130. The molecule has 0 fully saturated rings. The van der Waals surface area contributed by atoms with Crippen LogP contribution in [0.2, 0.25) is 0 Å². The molecule has 0 heterocycles. The molecule has 0 aliphatic carbocycles. The fourth-order valence-corrected chi connectivity index (χ4v) is 1.84. The third-order valence-corrected chi connectivity index (χ3v) is 2.98. The molecule has 0 aliphatic heterocycles. The summed E-state index contributed by atoms with van der Waals surface area (Å²) in [6.07, 6.45) is 0.476. The number of nitrogens with zero attached hydrogens (tertiary/aromatic N) is 1. The molecule has 5 heteroatoms. The van der Waals surface area contributed by atoms with Gasteiger partial charge in [-0.2, -0.15) is 0 Å². The Bertz CT molecular complexity index is 447. The molecule has 0 bridgehead atoms. The molecule has 112 valence electrons. The van der Waals surface area contributed by atoms with Crippen molar-refractivity contribution in [3.63, 3.8) is 0 Å². The zero-order valence-corrected chi connectivity index (χ0v) is 12.6. The molecule has 0 saturated carbocycles. The number of nitrogens with one attached hydrogen (secondary N) is 1. The van der Waals surface area contributed by atoms with E-state index in [2.05, 4.69) is 19.2 Å². The predicted molar refractivity (Wildman–Crippen MR) is 78.9 cm³/mol. The first-order valence-corrected chi connectivity index (χ1v) is 6.77. The Morgan fingerprint density at radius 2 is 2.15 bits per heavy atom. The molecule has 0 spiro atoms. The number of hydrogen-bond acceptors (Lipinski definition) is 4. The molecule has 0 aliphatic rings. The molecule has 0 unspecified atom stereocenters. The van der Waals surface area contributed by atoms with Gasteiger partial charge in [-0.25, -0.2) is 0 Å². The van der Waals surface area contributed by atoms with E-state index in [4.69, 9.17) is 4.74 Å². The summed E-state index contributed by atoms with van der Waals surface area (Å²) in [5.74, 6) is 0.612. The molecule has 0 radical (unpaired) electrons. The number of phenols is 1. The molecule has 20 heavy (non-hydrogen) atoms. The van der Waals surface area contributed by atoms with E-state index in [-0.39, 0.29) is 11.7 Å². The van der Waals surface area contributed by atoms with Gasteiger partial charge in [-0.3, -0.25) is 4.79 Å². The van der Waals surface area contributed by atoms with Gasteiger partial charge in [0.25, 0.3) is 0 Å². The molecule has 0 aromatic heterocycles. The standard InChI is InChI=1S/C15H24N2O3/c1-11(2)16-8-7-15(19)17(3)10-12-5-6-13(18)14(9-12)20-4/h5-6,9,11,16,18H,7-8,10H2,1-4H3. The minimum absolute atomic E-state index is 0.0881. The van der Waals surface area contributed by atoms with Gasteiger partial charge in [0.05, 0.1) is 7.11 Å². The summed E-state index contributed by atoms with van der Waals surface area (Å²) in [6, 6.07) is 5.49. The lowest BCUT2D eigenvalue weighted by Gasteiger charge is -2.18. The molecule has 1 aromatic rings. The molecule has 1 amide bonds. The van der Waals surface area contributed by atoms with Crippen molar-refractivity contribution in [3.05, 3.63) is 23.8 Å². The minimum atomic E-state index is 0.0881. The maximum absolute atomic E-state index is 12.0. The largest absolute Gasteiger partial charge is 0.504 e. The van der Waals surface area contributed by atoms with Crippen molar-refractivity contribution in [1.29, 1.82) is 0 Å². The third kappa shape index (κ3) is 5.09. The van der Waals surface area contributed by atoms with Gasteiger partial charge < -0.3 is 20.1 Å². The summed E-state index contributed by atoms with van der Waals surface area (Å²) < 4.78 is 5.06. The normalized spacial score (nSPS) is 10.7. The van der Waals surface area contributed by atoms with Crippen molar-refractivity contribution in [2.45, 2.75) is 32.9 Å². The monoisotopic (exact) mass is 280 g/mol. The van der Waals surface area contributed by atoms with Gasteiger partial charge in [-0.15, -0.1) is 0 Å². The van der Waals surface area contributed by atoms with Crippen LogP contribution in [0.4, 0.5) is 0 Å². The lowest BCUT2D eigenvalue weighted by atomic mass is 10.2. The first kappa shape index (κ1) is 16.3. The summed E-state index contributed by atoms with van der Waals surface area (Å²) in [4.78, 5) is 13.6. The number of carbonyl (C=O) groups is 1. The van der Waals surface area contributed by atoms with Gasteiger partial charge in [-0.1, -0.05) is 19.9 Å². The van der Waals surface area contributed by atoms with E-state index in [1.165, 1.54) is 7.11 Å². The first-order valence-electron chi connectivity index (χ1n) is 6.77. The fraction of sp³-hybridized carbons (Fsp3) is 0.533. The van der Waals surface area contributed by atoms with E-state index in [9.17, 15) is 9.90 Å². The second kappa shape index (κ2) is 7.75. The number of phenolic OH excluding ortho intramolecular Hbond substituents is 1. The number of methoxy groups -OCH3 is 1. The average molecular weight is 280 g/mol. The SMILES string of the molecule is COc1cc(CN(C)C(=O)CCNC(C)C)ccc1O. The van der Waals surface area contributed by atoms with Crippen LogP contribution in [0.25, 0.3) is 0 Å². The molecule has 0 atom stereocenters. The molecule has 5 nitrogen and oxygen atoms in total. The second-order valence-corrected chi connectivity index (χ2v) is 5.11. The number of hydrogen-bond donors (Lipinski definition) is 2. The fourth-order valence-electron chi connectivity index (χ4n) is 1.84. The summed E-state index contributed by atoms with van der Waals surface area (Å²) in [5.41, 5.74) is 0.923. The van der Waals surface area contributed by atoms with Crippen LogP contribution in [-0.4, -0.2) is 42.7 Å². The first-order chi connectivity index (χ1) is 9.43. The number of ether oxygens (including phenoxy) is 1. The Kier molecular flexibility index (Phi) is 6.31. The zero-order valence-electron chi connectivity index (χ0n) is 12.6. The molecule has 0 saturated heterocycles. The maximum Gasteiger partial charge on any atom is 0.223 e. The van der Waals surface area contributed by atoms with E-state index in [0.717, 1.165) is 5.56 Å². The highest BCUT2D eigenvalue weighted by molar-refractivity contribution is 5.76.